The second-order valence-electron chi connectivity index (χ2n) is 5.33. The minimum atomic E-state index is 0.249. The van der Waals surface area contributed by atoms with E-state index in [4.69, 9.17) is 10.5 Å². The van der Waals surface area contributed by atoms with E-state index in [1.807, 2.05) is 0 Å². The SMILES string of the molecule is CCC(CC)(CN)CCOc1cc(C)cc(C)c1. The van der Waals surface area contributed by atoms with Gasteiger partial charge in [-0.25, -0.2) is 0 Å². The lowest BCUT2D eigenvalue weighted by molar-refractivity contribution is 0.187. The summed E-state index contributed by atoms with van der Waals surface area (Å²) in [4.78, 5) is 0. The number of aryl methyl sites for hydroxylation is 2. The van der Waals surface area contributed by atoms with Crippen molar-refractivity contribution in [2.45, 2.75) is 47.0 Å². The zero-order chi connectivity index (χ0) is 13.6. The molecule has 0 unspecified atom stereocenters. The van der Waals surface area contributed by atoms with Crippen LogP contribution in [0.3, 0.4) is 0 Å². The predicted octanol–water partition coefficient (Wildman–Crippen LogP) is 3.84. The second kappa shape index (κ2) is 6.79. The molecule has 1 aromatic rings. The third kappa shape index (κ3) is 4.02. The topological polar surface area (TPSA) is 35.2 Å². The quantitative estimate of drug-likeness (QED) is 0.797. The van der Waals surface area contributed by atoms with Crippen molar-refractivity contribution in [1.82, 2.24) is 0 Å². The van der Waals surface area contributed by atoms with Crippen molar-refractivity contribution >= 4 is 0 Å². The van der Waals surface area contributed by atoms with Gasteiger partial charge in [0.15, 0.2) is 0 Å². The first-order valence-electron chi connectivity index (χ1n) is 6.96. The van der Waals surface area contributed by atoms with Gasteiger partial charge in [0.25, 0.3) is 0 Å². The van der Waals surface area contributed by atoms with Gasteiger partial charge in [-0.3, -0.25) is 0 Å². The molecule has 0 amide bonds. The molecule has 102 valence electrons. The Morgan fingerprint density at radius 2 is 1.61 bits per heavy atom. The van der Waals surface area contributed by atoms with E-state index in [2.05, 4.69) is 45.9 Å². The summed E-state index contributed by atoms with van der Waals surface area (Å²) in [6.07, 6.45) is 3.27. The predicted molar refractivity (Wildman–Crippen MR) is 78.1 cm³/mol. The Labute approximate surface area is 112 Å². The average Bonchev–Trinajstić information content (AvgIpc) is 2.34. The Kier molecular flexibility index (Phi) is 5.67. The molecule has 0 aliphatic carbocycles. The van der Waals surface area contributed by atoms with Crippen molar-refractivity contribution in [3.63, 3.8) is 0 Å². The first-order valence-corrected chi connectivity index (χ1v) is 6.96. The van der Waals surface area contributed by atoms with Crippen molar-refractivity contribution in [3.8, 4) is 5.75 Å². The molecule has 2 nitrogen and oxygen atoms in total. The number of nitrogens with two attached hydrogens (primary N) is 1. The molecule has 0 saturated carbocycles. The van der Waals surface area contributed by atoms with Crippen LogP contribution in [0, 0.1) is 19.3 Å². The summed E-state index contributed by atoms with van der Waals surface area (Å²) >= 11 is 0. The summed E-state index contributed by atoms with van der Waals surface area (Å²) in [5, 5.41) is 0. The summed E-state index contributed by atoms with van der Waals surface area (Å²) in [7, 11) is 0. The molecule has 0 aliphatic heterocycles. The van der Waals surface area contributed by atoms with Gasteiger partial charge < -0.3 is 10.5 Å². The lowest BCUT2D eigenvalue weighted by atomic mass is 9.80. The highest BCUT2D eigenvalue weighted by atomic mass is 16.5. The Hall–Kier alpha value is -1.02. The van der Waals surface area contributed by atoms with Gasteiger partial charge in [-0.15, -0.1) is 0 Å². The lowest BCUT2D eigenvalue weighted by Gasteiger charge is -2.30. The van der Waals surface area contributed by atoms with Gasteiger partial charge in [0.1, 0.15) is 5.75 Å². The zero-order valence-electron chi connectivity index (χ0n) is 12.3. The van der Waals surface area contributed by atoms with Gasteiger partial charge in [-0.05, 0) is 68.3 Å². The first-order chi connectivity index (χ1) is 8.55. The standard InChI is InChI=1S/C16H27NO/c1-5-16(6-2,12-17)7-8-18-15-10-13(3)9-14(4)11-15/h9-11H,5-8,12,17H2,1-4H3. The molecule has 1 rings (SSSR count). The van der Waals surface area contributed by atoms with E-state index in [9.17, 15) is 0 Å². The Bertz CT molecular complexity index is 341. The molecular formula is C16H27NO. The molecule has 2 heteroatoms. The lowest BCUT2D eigenvalue weighted by Crippen LogP contribution is -2.31. The summed E-state index contributed by atoms with van der Waals surface area (Å²) in [5.41, 5.74) is 8.65. The van der Waals surface area contributed by atoms with E-state index < -0.39 is 0 Å². The van der Waals surface area contributed by atoms with Crippen LogP contribution in [-0.2, 0) is 0 Å². The van der Waals surface area contributed by atoms with Crippen LogP contribution < -0.4 is 10.5 Å². The molecule has 1 aromatic carbocycles. The minimum absolute atomic E-state index is 0.249. The van der Waals surface area contributed by atoms with E-state index in [-0.39, 0.29) is 5.41 Å². The number of rotatable bonds is 7. The fourth-order valence-corrected chi connectivity index (χ4v) is 2.40. The smallest absolute Gasteiger partial charge is 0.119 e. The number of benzene rings is 1. The molecule has 0 aliphatic rings. The third-order valence-corrected chi connectivity index (χ3v) is 4.03. The van der Waals surface area contributed by atoms with Crippen LogP contribution in [0.2, 0.25) is 0 Å². The summed E-state index contributed by atoms with van der Waals surface area (Å²) < 4.78 is 5.87. The highest BCUT2D eigenvalue weighted by Gasteiger charge is 2.23. The van der Waals surface area contributed by atoms with E-state index in [1.165, 1.54) is 11.1 Å². The van der Waals surface area contributed by atoms with Gasteiger partial charge in [0.05, 0.1) is 6.61 Å². The molecule has 0 heterocycles. The first kappa shape index (κ1) is 15.0. The zero-order valence-corrected chi connectivity index (χ0v) is 12.3. The second-order valence-corrected chi connectivity index (χ2v) is 5.33. The summed E-state index contributed by atoms with van der Waals surface area (Å²) in [6, 6.07) is 6.35. The largest absolute Gasteiger partial charge is 0.494 e. The van der Waals surface area contributed by atoms with Crippen molar-refractivity contribution in [1.29, 1.82) is 0 Å². The molecule has 0 atom stereocenters. The van der Waals surface area contributed by atoms with Crippen LogP contribution in [0.15, 0.2) is 18.2 Å². The average molecular weight is 249 g/mol. The van der Waals surface area contributed by atoms with Gasteiger partial charge in [0, 0.05) is 0 Å². The maximum atomic E-state index is 5.90. The molecule has 0 aromatic heterocycles. The minimum Gasteiger partial charge on any atom is -0.494 e. The highest BCUT2D eigenvalue weighted by molar-refractivity contribution is 5.32. The van der Waals surface area contributed by atoms with Crippen LogP contribution in [0.25, 0.3) is 0 Å². The van der Waals surface area contributed by atoms with Crippen LogP contribution in [0.1, 0.15) is 44.2 Å². The molecule has 0 saturated heterocycles. The highest BCUT2D eigenvalue weighted by Crippen LogP contribution is 2.29. The van der Waals surface area contributed by atoms with Crippen molar-refractivity contribution in [2.75, 3.05) is 13.2 Å². The van der Waals surface area contributed by atoms with Crippen LogP contribution in [-0.4, -0.2) is 13.2 Å². The van der Waals surface area contributed by atoms with Gasteiger partial charge in [0.2, 0.25) is 0 Å². The van der Waals surface area contributed by atoms with Crippen LogP contribution in [0.5, 0.6) is 5.75 Å². The molecular weight excluding hydrogens is 222 g/mol. The fraction of sp³-hybridized carbons (Fsp3) is 0.625. The molecule has 2 N–H and O–H groups in total. The number of ether oxygens (including phenoxy) is 1. The Morgan fingerprint density at radius 1 is 1.06 bits per heavy atom. The summed E-state index contributed by atoms with van der Waals surface area (Å²) in [5.74, 6) is 0.977. The Balaban J connectivity index is 2.55. The monoisotopic (exact) mass is 249 g/mol. The fourth-order valence-electron chi connectivity index (χ4n) is 2.40. The van der Waals surface area contributed by atoms with Crippen LogP contribution in [0.4, 0.5) is 0 Å². The van der Waals surface area contributed by atoms with Crippen molar-refractivity contribution in [2.24, 2.45) is 11.1 Å². The molecule has 0 bridgehead atoms. The van der Waals surface area contributed by atoms with Crippen molar-refractivity contribution in [3.05, 3.63) is 29.3 Å². The van der Waals surface area contributed by atoms with E-state index >= 15 is 0 Å². The van der Waals surface area contributed by atoms with E-state index in [1.54, 1.807) is 0 Å². The van der Waals surface area contributed by atoms with E-state index in [0.29, 0.717) is 0 Å². The Morgan fingerprint density at radius 3 is 2.06 bits per heavy atom. The van der Waals surface area contributed by atoms with Gasteiger partial charge in [-0.2, -0.15) is 0 Å². The summed E-state index contributed by atoms with van der Waals surface area (Å²) in [6.45, 7) is 10.1. The molecule has 0 spiro atoms. The van der Waals surface area contributed by atoms with Crippen LogP contribution >= 0.6 is 0 Å². The maximum Gasteiger partial charge on any atom is 0.119 e. The van der Waals surface area contributed by atoms with Crippen molar-refractivity contribution < 1.29 is 4.74 Å². The maximum absolute atomic E-state index is 5.90. The normalized spacial score (nSPS) is 11.6. The molecule has 0 radical (unpaired) electrons. The van der Waals surface area contributed by atoms with Gasteiger partial charge >= 0.3 is 0 Å². The molecule has 0 fully saturated rings. The van der Waals surface area contributed by atoms with Gasteiger partial charge in [-0.1, -0.05) is 19.9 Å². The number of hydrogen-bond donors (Lipinski definition) is 1. The molecule has 18 heavy (non-hydrogen) atoms. The third-order valence-electron chi connectivity index (χ3n) is 4.03. The van der Waals surface area contributed by atoms with E-state index in [0.717, 1.165) is 38.2 Å². The number of hydrogen-bond acceptors (Lipinski definition) is 2.